The Morgan fingerprint density at radius 2 is 2.10 bits per heavy atom. The fourth-order valence-electron chi connectivity index (χ4n) is 4.57. The zero-order valence-corrected chi connectivity index (χ0v) is 16.6. The molecule has 0 spiro atoms. The smallest absolute Gasteiger partial charge is 0.353 e. The maximum Gasteiger partial charge on any atom is 0.353 e. The van der Waals surface area contributed by atoms with E-state index in [4.69, 9.17) is 0 Å². The van der Waals surface area contributed by atoms with Crippen molar-refractivity contribution in [2.45, 2.75) is 36.1 Å². The Morgan fingerprint density at radius 3 is 2.73 bits per heavy atom. The minimum absolute atomic E-state index is 0.0725. The molecule has 1 unspecified atom stereocenters. The Bertz CT molecular complexity index is 1010. The molecule has 4 aliphatic rings. The minimum Gasteiger partial charge on any atom is -0.477 e. The first-order valence-corrected chi connectivity index (χ1v) is 10.3. The van der Waals surface area contributed by atoms with Crippen molar-refractivity contribution in [3.8, 4) is 0 Å². The molecule has 0 aliphatic carbocycles. The number of tetrazole rings is 1. The van der Waals surface area contributed by atoms with E-state index in [2.05, 4.69) is 26.2 Å². The van der Waals surface area contributed by atoms with Gasteiger partial charge in [-0.25, -0.2) is 14.3 Å². The van der Waals surface area contributed by atoms with Crippen LogP contribution in [-0.4, -0.2) is 90.1 Å². The van der Waals surface area contributed by atoms with E-state index in [0.717, 1.165) is 11.8 Å². The van der Waals surface area contributed by atoms with Crippen LogP contribution in [0.15, 0.2) is 15.8 Å². The van der Waals surface area contributed by atoms with E-state index >= 15 is 0 Å². The molecule has 4 aliphatic heterocycles. The minimum atomic E-state index is -1.20. The second-order valence-corrected chi connectivity index (χ2v) is 8.53. The lowest BCUT2D eigenvalue weighted by Gasteiger charge is -2.53. The average molecular weight is 434 g/mol. The quantitative estimate of drug-likeness (QED) is 0.460. The molecule has 14 heteroatoms. The molecule has 4 atom stereocenters. The molecule has 5 heterocycles. The molecule has 0 bridgehead atoms. The van der Waals surface area contributed by atoms with E-state index in [1.165, 1.54) is 14.5 Å². The van der Waals surface area contributed by atoms with Crippen LogP contribution in [0, 0.1) is 5.92 Å². The Hall–Kier alpha value is -3.16. The number of rotatable bonds is 4. The Balaban J connectivity index is 1.40. The van der Waals surface area contributed by atoms with Crippen LogP contribution in [0.3, 0.4) is 0 Å². The molecule has 0 saturated carbocycles. The first-order chi connectivity index (χ1) is 14.4. The fourth-order valence-corrected chi connectivity index (χ4v) is 5.70. The van der Waals surface area contributed by atoms with Crippen LogP contribution < -0.4 is 10.6 Å². The molecule has 1 aromatic rings. The Morgan fingerprint density at radius 1 is 1.30 bits per heavy atom. The van der Waals surface area contributed by atoms with Crippen molar-refractivity contribution in [1.29, 1.82) is 0 Å². The number of nitrogens with zero attached hydrogens (tertiary/aromatic N) is 6. The van der Waals surface area contributed by atoms with Gasteiger partial charge in [0.15, 0.2) is 0 Å². The maximum atomic E-state index is 12.9. The number of hydrogen-bond acceptors (Lipinski definition) is 8. The zero-order chi connectivity index (χ0) is 21.2. The molecule has 30 heavy (non-hydrogen) atoms. The van der Waals surface area contributed by atoms with Crippen LogP contribution in [0.1, 0.15) is 12.8 Å². The SMILES string of the molecule is Cn1nnnc1SC1=C(C(=O)O)N2C(=O)[C@@H]3[C@H]2C1CCN3C(=O)N[C@H]1CCNC1=O. The molecule has 1 aromatic heterocycles. The second kappa shape index (κ2) is 6.68. The number of piperidine rings is 1. The van der Waals surface area contributed by atoms with Crippen LogP contribution in [0.2, 0.25) is 0 Å². The van der Waals surface area contributed by atoms with Gasteiger partial charge in [0.25, 0.3) is 5.91 Å². The van der Waals surface area contributed by atoms with Gasteiger partial charge >= 0.3 is 12.0 Å². The summed E-state index contributed by atoms with van der Waals surface area (Å²) in [5, 5.41) is 26.8. The van der Waals surface area contributed by atoms with Gasteiger partial charge in [0.05, 0.1) is 6.04 Å². The number of carboxylic acid groups (broad SMARTS) is 1. The van der Waals surface area contributed by atoms with Gasteiger partial charge in [-0.05, 0) is 35.0 Å². The summed E-state index contributed by atoms with van der Waals surface area (Å²) >= 11 is 1.13. The average Bonchev–Trinajstić information content (AvgIpc) is 3.39. The topological polar surface area (TPSA) is 163 Å². The van der Waals surface area contributed by atoms with Crippen molar-refractivity contribution in [2.75, 3.05) is 13.1 Å². The van der Waals surface area contributed by atoms with Crippen LogP contribution in [0.25, 0.3) is 0 Å². The van der Waals surface area contributed by atoms with Crippen molar-refractivity contribution < 1.29 is 24.3 Å². The zero-order valence-electron chi connectivity index (χ0n) is 15.8. The van der Waals surface area contributed by atoms with Crippen LogP contribution in [0.5, 0.6) is 0 Å². The van der Waals surface area contributed by atoms with E-state index in [1.807, 2.05) is 0 Å². The van der Waals surface area contributed by atoms with Crippen molar-refractivity contribution in [1.82, 2.24) is 40.6 Å². The summed E-state index contributed by atoms with van der Waals surface area (Å²) in [6.45, 7) is 0.771. The highest BCUT2D eigenvalue weighted by atomic mass is 32.2. The molecule has 3 fully saturated rings. The third-order valence-corrected chi connectivity index (χ3v) is 7.19. The summed E-state index contributed by atoms with van der Waals surface area (Å²) in [6, 6.07) is -2.29. The van der Waals surface area contributed by atoms with Gasteiger partial charge in [-0.1, -0.05) is 0 Å². The number of amides is 4. The number of urea groups is 1. The normalized spacial score (nSPS) is 29.6. The highest BCUT2D eigenvalue weighted by Crippen LogP contribution is 2.53. The lowest BCUT2D eigenvalue weighted by atomic mass is 9.81. The lowest BCUT2D eigenvalue weighted by molar-refractivity contribution is -0.160. The predicted molar refractivity (Wildman–Crippen MR) is 98.5 cm³/mol. The van der Waals surface area contributed by atoms with E-state index in [1.54, 1.807) is 7.05 Å². The molecule has 5 rings (SSSR count). The van der Waals surface area contributed by atoms with Gasteiger partial charge in [-0.2, -0.15) is 0 Å². The van der Waals surface area contributed by atoms with Gasteiger partial charge in [0.1, 0.15) is 17.8 Å². The van der Waals surface area contributed by atoms with Crippen molar-refractivity contribution >= 4 is 35.6 Å². The Kier molecular flexibility index (Phi) is 4.20. The largest absolute Gasteiger partial charge is 0.477 e. The number of carbonyl (C=O) groups is 4. The molecule has 3 N–H and O–H groups in total. The van der Waals surface area contributed by atoms with Crippen molar-refractivity contribution in [3.05, 3.63) is 10.6 Å². The third-order valence-electron chi connectivity index (χ3n) is 5.94. The Labute approximate surface area is 173 Å². The van der Waals surface area contributed by atoms with Crippen LogP contribution in [0.4, 0.5) is 4.79 Å². The third kappa shape index (κ3) is 2.59. The van der Waals surface area contributed by atoms with Crippen LogP contribution in [-0.2, 0) is 21.4 Å². The molecule has 13 nitrogen and oxygen atoms in total. The molecule has 0 radical (unpaired) electrons. The second-order valence-electron chi connectivity index (χ2n) is 7.52. The summed E-state index contributed by atoms with van der Waals surface area (Å²) in [5.74, 6) is -2.10. The lowest BCUT2D eigenvalue weighted by Crippen LogP contribution is -2.74. The number of likely N-dealkylation sites (tertiary alicyclic amines) is 1. The summed E-state index contributed by atoms with van der Waals surface area (Å²) in [4.78, 5) is 52.6. The number of carboxylic acids is 1. The summed E-state index contributed by atoms with van der Waals surface area (Å²) in [7, 11) is 1.65. The number of hydrogen-bond donors (Lipinski definition) is 3. The summed E-state index contributed by atoms with van der Waals surface area (Å²) in [6.07, 6.45) is 0.978. The first kappa shape index (κ1) is 18.8. The van der Waals surface area contributed by atoms with Crippen LogP contribution >= 0.6 is 11.8 Å². The number of nitrogens with one attached hydrogen (secondary N) is 2. The number of aromatic nitrogens is 4. The summed E-state index contributed by atoms with van der Waals surface area (Å²) in [5.41, 5.74) is -0.0725. The van der Waals surface area contributed by atoms with Crippen molar-refractivity contribution in [2.24, 2.45) is 13.0 Å². The van der Waals surface area contributed by atoms with E-state index in [0.29, 0.717) is 29.4 Å². The number of aliphatic carboxylic acids is 1. The molecule has 4 amide bonds. The predicted octanol–water partition coefficient (Wildman–Crippen LogP) is -1.89. The summed E-state index contributed by atoms with van der Waals surface area (Å²) < 4.78 is 1.43. The van der Waals surface area contributed by atoms with Gasteiger partial charge in [0, 0.05) is 31.0 Å². The monoisotopic (exact) mass is 434 g/mol. The molecular formula is C16H18N8O5S. The maximum absolute atomic E-state index is 12.9. The highest BCUT2D eigenvalue weighted by molar-refractivity contribution is 8.03. The number of carbonyl (C=O) groups excluding carboxylic acids is 3. The molecule has 0 aromatic carbocycles. The molecular weight excluding hydrogens is 416 g/mol. The standard InChI is InChI=1S/C16H18N8O5S/c1-22-16(19-20-21-22)30-11-6-3-5-23(15(29)18-7-2-4-17-12(7)25)9-8(6)24(13(9)26)10(11)14(27)28/h6-9H,2-5H2,1H3,(H,17,25)(H,18,29)(H,27,28)/t6?,7-,8+,9-/m0/s1. The highest BCUT2D eigenvalue weighted by Gasteiger charge is 2.64. The fraction of sp³-hybridized carbons (Fsp3) is 0.562. The molecule has 3 saturated heterocycles. The van der Waals surface area contributed by atoms with E-state index in [-0.39, 0.29) is 24.1 Å². The van der Waals surface area contributed by atoms with Gasteiger partial charge in [-0.3, -0.25) is 14.5 Å². The number of aryl methyl sites for hydroxylation is 1. The van der Waals surface area contributed by atoms with Gasteiger partial charge in [-0.15, -0.1) is 5.10 Å². The number of β-lactam (4-membered cyclic amide) rings is 1. The number of thioether (sulfide) groups is 1. The van der Waals surface area contributed by atoms with E-state index < -0.39 is 36.0 Å². The van der Waals surface area contributed by atoms with Crippen molar-refractivity contribution in [3.63, 3.8) is 0 Å². The van der Waals surface area contributed by atoms with E-state index in [9.17, 15) is 24.3 Å². The molecule has 158 valence electrons. The van der Waals surface area contributed by atoms with Gasteiger partial charge < -0.3 is 20.6 Å². The van der Waals surface area contributed by atoms with Gasteiger partial charge in [0.2, 0.25) is 11.1 Å². The first-order valence-electron chi connectivity index (χ1n) is 9.44.